The third-order valence-corrected chi connectivity index (χ3v) is 6.59. The Kier molecular flexibility index (Phi) is 8.55. The second kappa shape index (κ2) is 10.4. The van der Waals surface area contributed by atoms with Gasteiger partial charge >= 0.3 is 0 Å². The van der Waals surface area contributed by atoms with Gasteiger partial charge in [0.05, 0.1) is 13.1 Å². The van der Waals surface area contributed by atoms with E-state index < -0.39 is 0 Å². The Labute approximate surface area is 220 Å². The fraction of sp³-hybridized carbons (Fsp3) is 0.562. The number of benzene rings is 2. The Morgan fingerprint density at radius 3 is 1.08 bits per heavy atom. The van der Waals surface area contributed by atoms with Crippen LogP contribution in [0.4, 0.5) is 11.4 Å². The Morgan fingerprint density at radius 2 is 0.833 bits per heavy atom. The minimum absolute atomic E-state index is 0.0357. The lowest BCUT2D eigenvalue weighted by Gasteiger charge is -2.27. The molecule has 0 atom stereocenters. The van der Waals surface area contributed by atoms with Crippen LogP contribution in [0.2, 0.25) is 0 Å². The topological polar surface area (TPSA) is 76.8 Å². The fourth-order valence-corrected chi connectivity index (χ4v) is 4.11. The summed E-state index contributed by atoms with van der Waals surface area (Å²) in [5.41, 5.74) is 21.6. The summed E-state index contributed by atoms with van der Waals surface area (Å²) in [7, 11) is 0. The number of anilines is 2. The van der Waals surface area contributed by atoms with Gasteiger partial charge in [-0.2, -0.15) is 0 Å². The Hall–Kier alpha value is -2.62. The molecule has 0 radical (unpaired) electrons. The third-order valence-electron chi connectivity index (χ3n) is 6.59. The molecule has 2 aromatic rings. The summed E-state index contributed by atoms with van der Waals surface area (Å²) < 4.78 is 0. The standard InChI is InChI=1S/C32H50N4/c1-29(2,3)23-15-21(27(33)25(17-23)31(7,8)9)19-35-13-14-36-20-22-16-24(30(4,5)6)18-26(28(22)34)32(10,11)12/h15-20H,13-14,33-34H2,1-12H3. The molecule has 2 rings (SSSR count). The quantitative estimate of drug-likeness (QED) is 0.257. The smallest absolute Gasteiger partial charge is 0.0585 e. The van der Waals surface area contributed by atoms with Gasteiger partial charge in [-0.15, -0.1) is 0 Å². The summed E-state index contributed by atoms with van der Waals surface area (Å²) in [6, 6.07) is 8.84. The number of rotatable bonds is 5. The largest absolute Gasteiger partial charge is 0.398 e. The second-order valence-corrected chi connectivity index (χ2v) is 14.1. The third kappa shape index (κ3) is 7.44. The normalized spacial score (nSPS) is 13.8. The highest BCUT2D eigenvalue weighted by atomic mass is 14.8. The van der Waals surface area contributed by atoms with Crippen molar-refractivity contribution in [3.05, 3.63) is 57.6 Å². The van der Waals surface area contributed by atoms with Gasteiger partial charge in [0.1, 0.15) is 0 Å². The Bertz CT molecular complexity index is 1030. The van der Waals surface area contributed by atoms with Crippen molar-refractivity contribution in [1.82, 2.24) is 0 Å². The van der Waals surface area contributed by atoms with E-state index >= 15 is 0 Å². The molecule has 0 saturated carbocycles. The number of nitrogens with two attached hydrogens (primary N) is 2. The highest BCUT2D eigenvalue weighted by Gasteiger charge is 2.24. The molecule has 4 N–H and O–H groups in total. The van der Waals surface area contributed by atoms with Gasteiger partial charge in [0.25, 0.3) is 0 Å². The van der Waals surface area contributed by atoms with E-state index in [1.807, 2.05) is 12.4 Å². The lowest BCUT2D eigenvalue weighted by atomic mass is 9.78. The van der Waals surface area contributed by atoms with E-state index in [9.17, 15) is 0 Å². The number of nitrogen functional groups attached to an aromatic ring is 2. The van der Waals surface area contributed by atoms with Crippen LogP contribution in [0.15, 0.2) is 34.3 Å². The molecular weight excluding hydrogens is 440 g/mol. The van der Waals surface area contributed by atoms with Gasteiger partial charge in [0.2, 0.25) is 0 Å². The highest BCUT2D eigenvalue weighted by molar-refractivity contribution is 5.90. The van der Waals surface area contributed by atoms with E-state index in [0.717, 1.165) is 22.5 Å². The molecule has 0 aliphatic rings. The molecule has 0 bridgehead atoms. The molecule has 0 spiro atoms. The first-order valence-corrected chi connectivity index (χ1v) is 13.1. The van der Waals surface area contributed by atoms with Crippen LogP contribution in [-0.2, 0) is 21.7 Å². The van der Waals surface area contributed by atoms with Gasteiger partial charge in [-0.3, -0.25) is 9.98 Å². The molecule has 0 aliphatic carbocycles. The lowest BCUT2D eigenvalue weighted by molar-refractivity contribution is 0.569. The first kappa shape index (κ1) is 29.6. The molecule has 36 heavy (non-hydrogen) atoms. The maximum absolute atomic E-state index is 6.58. The summed E-state index contributed by atoms with van der Waals surface area (Å²) >= 11 is 0. The molecule has 4 heteroatoms. The zero-order valence-electron chi connectivity index (χ0n) is 24.9. The number of hydrogen-bond donors (Lipinski definition) is 2. The van der Waals surface area contributed by atoms with Crippen LogP contribution in [0.3, 0.4) is 0 Å². The molecule has 0 fully saturated rings. The van der Waals surface area contributed by atoms with E-state index in [4.69, 9.17) is 11.5 Å². The molecule has 0 amide bonds. The van der Waals surface area contributed by atoms with E-state index in [1.54, 1.807) is 0 Å². The fourth-order valence-electron chi connectivity index (χ4n) is 4.11. The predicted molar refractivity (Wildman–Crippen MR) is 161 cm³/mol. The number of nitrogens with zero attached hydrogens (tertiary/aromatic N) is 2. The van der Waals surface area contributed by atoms with Gasteiger partial charge in [0.15, 0.2) is 0 Å². The number of aliphatic imine (C=N–C) groups is 2. The van der Waals surface area contributed by atoms with Crippen molar-refractivity contribution in [2.24, 2.45) is 9.98 Å². The van der Waals surface area contributed by atoms with Gasteiger partial charge in [-0.1, -0.05) is 95.2 Å². The summed E-state index contributed by atoms with van der Waals surface area (Å²) in [5, 5.41) is 0. The first-order valence-electron chi connectivity index (χ1n) is 13.1. The molecule has 2 aromatic carbocycles. The van der Waals surface area contributed by atoms with Gasteiger partial charge < -0.3 is 11.5 Å². The summed E-state index contributed by atoms with van der Waals surface area (Å²) in [4.78, 5) is 9.33. The lowest BCUT2D eigenvalue weighted by Crippen LogP contribution is -2.19. The van der Waals surface area contributed by atoms with Crippen LogP contribution in [0.25, 0.3) is 0 Å². The molecule has 4 nitrogen and oxygen atoms in total. The van der Waals surface area contributed by atoms with Crippen molar-refractivity contribution in [3.63, 3.8) is 0 Å². The maximum Gasteiger partial charge on any atom is 0.0585 e. The van der Waals surface area contributed by atoms with Crippen LogP contribution >= 0.6 is 0 Å². The van der Waals surface area contributed by atoms with Crippen molar-refractivity contribution in [3.8, 4) is 0 Å². The van der Waals surface area contributed by atoms with E-state index in [0.29, 0.717) is 13.1 Å². The molecule has 0 unspecified atom stereocenters. The predicted octanol–water partition coefficient (Wildman–Crippen LogP) is 7.58. The van der Waals surface area contributed by atoms with Crippen molar-refractivity contribution in [1.29, 1.82) is 0 Å². The van der Waals surface area contributed by atoms with Crippen molar-refractivity contribution in [2.45, 2.75) is 105 Å². The van der Waals surface area contributed by atoms with Crippen LogP contribution in [0.5, 0.6) is 0 Å². The summed E-state index contributed by atoms with van der Waals surface area (Å²) in [5.74, 6) is 0. The Morgan fingerprint density at radius 1 is 0.528 bits per heavy atom. The zero-order chi connectivity index (χ0) is 27.7. The molecule has 0 saturated heterocycles. The monoisotopic (exact) mass is 490 g/mol. The second-order valence-electron chi connectivity index (χ2n) is 14.1. The summed E-state index contributed by atoms with van der Waals surface area (Å²) in [6.07, 6.45) is 3.81. The minimum Gasteiger partial charge on any atom is -0.398 e. The molecule has 0 aromatic heterocycles. The summed E-state index contributed by atoms with van der Waals surface area (Å²) in [6.45, 7) is 27.8. The van der Waals surface area contributed by atoms with Crippen LogP contribution in [-0.4, -0.2) is 25.5 Å². The Balaban J connectivity index is 2.27. The van der Waals surface area contributed by atoms with Crippen molar-refractivity contribution >= 4 is 23.8 Å². The molecular formula is C32H50N4. The molecule has 0 heterocycles. The molecule has 198 valence electrons. The van der Waals surface area contributed by atoms with Crippen LogP contribution < -0.4 is 11.5 Å². The highest BCUT2D eigenvalue weighted by Crippen LogP contribution is 2.36. The average Bonchev–Trinajstić information content (AvgIpc) is 2.69. The zero-order valence-corrected chi connectivity index (χ0v) is 24.9. The van der Waals surface area contributed by atoms with E-state index in [-0.39, 0.29) is 21.7 Å². The van der Waals surface area contributed by atoms with Crippen LogP contribution in [0.1, 0.15) is 116 Å². The molecule has 0 aliphatic heterocycles. The average molecular weight is 491 g/mol. The van der Waals surface area contributed by atoms with E-state index in [2.05, 4.69) is 117 Å². The first-order chi connectivity index (χ1) is 16.2. The van der Waals surface area contributed by atoms with E-state index in [1.165, 1.54) is 22.3 Å². The van der Waals surface area contributed by atoms with Crippen molar-refractivity contribution in [2.75, 3.05) is 24.6 Å². The maximum atomic E-state index is 6.58. The van der Waals surface area contributed by atoms with Gasteiger partial charge in [-0.05, 0) is 56.0 Å². The van der Waals surface area contributed by atoms with Crippen LogP contribution in [0, 0.1) is 0 Å². The van der Waals surface area contributed by atoms with Crippen molar-refractivity contribution < 1.29 is 0 Å². The minimum atomic E-state index is -0.0361. The SMILES string of the molecule is CC(C)(C)c1cc(C=NCCN=Cc2cc(C(C)(C)C)cc(C(C)(C)C)c2N)c(N)c(C(C)(C)C)c1. The van der Waals surface area contributed by atoms with Gasteiger partial charge in [-0.25, -0.2) is 0 Å². The van der Waals surface area contributed by atoms with Gasteiger partial charge in [0, 0.05) is 34.9 Å². The number of hydrogen-bond acceptors (Lipinski definition) is 4.